The standard InChI is InChI=1S/C13H23N3/c1-10-7-12(16(4)15-10)9-14-11-5-6-13(2,3)8-11/h7,11,14H,5-6,8-9H2,1-4H3. The lowest BCUT2D eigenvalue weighted by molar-refractivity contribution is 0.363. The molecule has 0 amide bonds. The monoisotopic (exact) mass is 221 g/mol. The summed E-state index contributed by atoms with van der Waals surface area (Å²) >= 11 is 0. The van der Waals surface area contributed by atoms with Gasteiger partial charge in [-0.2, -0.15) is 5.10 Å². The molecule has 3 heteroatoms. The quantitative estimate of drug-likeness (QED) is 0.849. The highest BCUT2D eigenvalue weighted by molar-refractivity contribution is 5.08. The zero-order chi connectivity index (χ0) is 11.8. The molecule has 1 aromatic rings. The van der Waals surface area contributed by atoms with Crippen molar-refractivity contribution in [2.24, 2.45) is 12.5 Å². The molecule has 1 heterocycles. The average Bonchev–Trinajstić information content (AvgIpc) is 2.66. The molecule has 2 rings (SSSR count). The molecule has 0 aliphatic heterocycles. The van der Waals surface area contributed by atoms with E-state index in [0.29, 0.717) is 11.5 Å². The van der Waals surface area contributed by atoms with Gasteiger partial charge in [-0.05, 0) is 37.7 Å². The Hall–Kier alpha value is -0.830. The van der Waals surface area contributed by atoms with Gasteiger partial charge in [-0.15, -0.1) is 0 Å². The molecule has 1 aliphatic carbocycles. The van der Waals surface area contributed by atoms with Gasteiger partial charge >= 0.3 is 0 Å². The Morgan fingerprint density at radius 3 is 2.81 bits per heavy atom. The third-order valence-electron chi connectivity index (χ3n) is 3.64. The first kappa shape index (κ1) is 11.6. The van der Waals surface area contributed by atoms with Crippen LogP contribution < -0.4 is 5.32 Å². The van der Waals surface area contributed by atoms with Crippen LogP contribution in [-0.2, 0) is 13.6 Å². The van der Waals surface area contributed by atoms with E-state index < -0.39 is 0 Å². The summed E-state index contributed by atoms with van der Waals surface area (Å²) in [6.07, 6.45) is 3.95. The van der Waals surface area contributed by atoms with Crippen LogP contribution in [-0.4, -0.2) is 15.8 Å². The van der Waals surface area contributed by atoms with E-state index in [4.69, 9.17) is 0 Å². The molecule has 1 aliphatic rings. The van der Waals surface area contributed by atoms with Crippen molar-refractivity contribution in [2.45, 2.75) is 52.6 Å². The highest BCUT2D eigenvalue weighted by Crippen LogP contribution is 2.36. The van der Waals surface area contributed by atoms with Crippen molar-refractivity contribution in [1.82, 2.24) is 15.1 Å². The highest BCUT2D eigenvalue weighted by Gasteiger charge is 2.30. The van der Waals surface area contributed by atoms with Crippen molar-refractivity contribution in [3.8, 4) is 0 Å². The van der Waals surface area contributed by atoms with E-state index in [0.717, 1.165) is 12.2 Å². The summed E-state index contributed by atoms with van der Waals surface area (Å²) in [5.74, 6) is 0. The van der Waals surface area contributed by atoms with Crippen LogP contribution in [0.2, 0.25) is 0 Å². The van der Waals surface area contributed by atoms with E-state index >= 15 is 0 Å². The van der Waals surface area contributed by atoms with Gasteiger partial charge in [0.25, 0.3) is 0 Å². The Kier molecular flexibility index (Phi) is 3.06. The lowest BCUT2D eigenvalue weighted by Gasteiger charge is -2.17. The second-order valence-electron chi connectivity index (χ2n) is 5.89. The van der Waals surface area contributed by atoms with E-state index in [-0.39, 0.29) is 0 Å². The number of aromatic nitrogens is 2. The van der Waals surface area contributed by atoms with Crippen LogP contribution in [0, 0.1) is 12.3 Å². The summed E-state index contributed by atoms with van der Waals surface area (Å²) in [5, 5.41) is 8.01. The fourth-order valence-corrected chi connectivity index (χ4v) is 2.69. The van der Waals surface area contributed by atoms with Crippen LogP contribution in [0.15, 0.2) is 6.07 Å². The largest absolute Gasteiger partial charge is 0.308 e. The van der Waals surface area contributed by atoms with Crippen LogP contribution >= 0.6 is 0 Å². The average molecular weight is 221 g/mol. The zero-order valence-corrected chi connectivity index (χ0v) is 10.9. The van der Waals surface area contributed by atoms with Crippen molar-refractivity contribution in [1.29, 1.82) is 0 Å². The van der Waals surface area contributed by atoms with E-state index in [1.165, 1.54) is 25.0 Å². The lowest BCUT2D eigenvalue weighted by atomic mass is 9.92. The minimum absolute atomic E-state index is 0.528. The van der Waals surface area contributed by atoms with Crippen LogP contribution in [0.4, 0.5) is 0 Å². The number of aryl methyl sites for hydroxylation is 2. The molecule has 3 nitrogen and oxygen atoms in total. The Labute approximate surface area is 98.2 Å². The molecule has 1 fully saturated rings. The fraction of sp³-hybridized carbons (Fsp3) is 0.769. The van der Waals surface area contributed by atoms with Gasteiger partial charge in [0.2, 0.25) is 0 Å². The third-order valence-corrected chi connectivity index (χ3v) is 3.64. The van der Waals surface area contributed by atoms with Crippen molar-refractivity contribution in [2.75, 3.05) is 0 Å². The third kappa shape index (κ3) is 2.64. The molecule has 1 aromatic heterocycles. The van der Waals surface area contributed by atoms with Gasteiger partial charge in [-0.25, -0.2) is 0 Å². The number of nitrogens with zero attached hydrogens (tertiary/aromatic N) is 2. The van der Waals surface area contributed by atoms with Gasteiger partial charge in [-0.1, -0.05) is 13.8 Å². The predicted molar refractivity (Wildman–Crippen MR) is 66.2 cm³/mol. The maximum absolute atomic E-state index is 4.36. The molecular formula is C13H23N3. The molecule has 0 bridgehead atoms. The molecule has 16 heavy (non-hydrogen) atoms. The van der Waals surface area contributed by atoms with Crippen molar-refractivity contribution in [3.05, 3.63) is 17.5 Å². The van der Waals surface area contributed by atoms with Crippen LogP contribution in [0.3, 0.4) is 0 Å². The molecule has 1 unspecified atom stereocenters. The number of hydrogen-bond donors (Lipinski definition) is 1. The first-order valence-electron chi connectivity index (χ1n) is 6.19. The summed E-state index contributed by atoms with van der Waals surface area (Å²) in [4.78, 5) is 0. The van der Waals surface area contributed by atoms with Crippen molar-refractivity contribution < 1.29 is 0 Å². The Balaban J connectivity index is 1.87. The second-order valence-corrected chi connectivity index (χ2v) is 5.89. The van der Waals surface area contributed by atoms with Gasteiger partial charge < -0.3 is 5.32 Å². The Morgan fingerprint density at radius 2 is 2.31 bits per heavy atom. The number of hydrogen-bond acceptors (Lipinski definition) is 2. The van der Waals surface area contributed by atoms with E-state index in [9.17, 15) is 0 Å². The maximum atomic E-state index is 4.36. The molecule has 0 saturated heterocycles. The van der Waals surface area contributed by atoms with Crippen LogP contribution in [0.1, 0.15) is 44.5 Å². The Morgan fingerprint density at radius 1 is 1.56 bits per heavy atom. The smallest absolute Gasteiger partial charge is 0.0597 e. The molecule has 0 aromatic carbocycles. The van der Waals surface area contributed by atoms with Gasteiger partial charge in [0, 0.05) is 19.6 Å². The van der Waals surface area contributed by atoms with Gasteiger partial charge in [0.05, 0.1) is 11.4 Å². The molecular weight excluding hydrogens is 198 g/mol. The maximum Gasteiger partial charge on any atom is 0.0597 e. The minimum atomic E-state index is 0.528. The van der Waals surface area contributed by atoms with Crippen molar-refractivity contribution in [3.63, 3.8) is 0 Å². The first-order chi connectivity index (χ1) is 7.46. The summed E-state index contributed by atoms with van der Waals surface area (Å²) in [6, 6.07) is 2.85. The molecule has 1 atom stereocenters. The Bertz CT molecular complexity index is 365. The van der Waals surface area contributed by atoms with Gasteiger partial charge in [0.15, 0.2) is 0 Å². The summed E-state index contributed by atoms with van der Waals surface area (Å²) in [7, 11) is 2.02. The SMILES string of the molecule is Cc1cc(CNC2CCC(C)(C)C2)n(C)n1. The van der Waals surface area contributed by atoms with E-state index in [2.05, 4.69) is 30.3 Å². The highest BCUT2D eigenvalue weighted by atomic mass is 15.3. The van der Waals surface area contributed by atoms with Gasteiger partial charge in [0.1, 0.15) is 0 Å². The summed E-state index contributed by atoms with van der Waals surface area (Å²) in [6.45, 7) is 7.71. The lowest BCUT2D eigenvalue weighted by Crippen LogP contribution is -2.27. The molecule has 1 saturated carbocycles. The molecule has 0 radical (unpaired) electrons. The normalized spacial score (nSPS) is 23.9. The summed E-state index contributed by atoms with van der Waals surface area (Å²) < 4.78 is 1.97. The second kappa shape index (κ2) is 4.21. The zero-order valence-electron chi connectivity index (χ0n) is 10.9. The molecule has 1 N–H and O–H groups in total. The summed E-state index contributed by atoms with van der Waals surface area (Å²) in [5.41, 5.74) is 2.91. The van der Waals surface area contributed by atoms with Gasteiger partial charge in [-0.3, -0.25) is 4.68 Å². The van der Waals surface area contributed by atoms with E-state index in [1.54, 1.807) is 0 Å². The van der Waals surface area contributed by atoms with Crippen molar-refractivity contribution >= 4 is 0 Å². The number of rotatable bonds is 3. The topological polar surface area (TPSA) is 29.9 Å². The first-order valence-corrected chi connectivity index (χ1v) is 6.19. The molecule has 0 spiro atoms. The number of nitrogens with one attached hydrogen (secondary N) is 1. The van der Waals surface area contributed by atoms with Crippen LogP contribution in [0.5, 0.6) is 0 Å². The minimum Gasteiger partial charge on any atom is -0.308 e. The molecule has 90 valence electrons. The van der Waals surface area contributed by atoms with Crippen LogP contribution in [0.25, 0.3) is 0 Å². The van der Waals surface area contributed by atoms with E-state index in [1.807, 2.05) is 18.7 Å². The fourth-order valence-electron chi connectivity index (χ4n) is 2.69. The predicted octanol–water partition coefficient (Wildman–Crippen LogP) is 2.40.